The Morgan fingerprint density at radius 3 is 2.42 bits per heavy atom. The summed E-state index contributed by atoms with van der Waals surface area (Å²) in [6.45, 7) is 8.19. The normalized spacial score (nSPS) is 26.8. The van der Waals surface area contributed by atoms with E-state index in [0.29, 0.717) is 12.3 Å². The molecule has 0 heterocycles. The largest absolute Gasteiger partial charge is 0.393 e. The van der Waals surface area contributed by atoms with Crippen LogP contribution in [0, 0.1) is 11.8 Å². The number of hydrogen-bond donors (Lipinski definition) is 2. The number of unbranched alkanes of at least 4 members (excludes halogenated alkanes) is 5. The first-order valence-electron chi connectivity index (χ1n) is 10.3. The third kappa shape index (κ3) is 7.53. The maximum absolute atomic E-state index is 10.5. The van der Waals surface area contributed by atoms with Gasteiger partial charge in [0.15, 0.2) is 0 Å². The lowest BCUT2D eigenvalue weighted by molar-refractivity contribution is 0.0818. The summed E-state index contributed by atoms with van der Waals surface area (Å²) in [7, 11) is 0. The van der Waals surface area contributed by atoms with Gasteiger partial charge in [0.25, 0.3) is 0 Å². The number of hydrogen-bond acceptors (Lipinski definition) is 2. The first-order valence-corrected chi connectivity index (χ1v) is 10.3. The molecule has 0 aromatic rings. The molecule has 0 aromatic carbocycles. The van der Waals surface area contributed by atoms with Crippen molar-refractivity contribution in [1.82, 2.24) is 0 Å². The summed E-state index contributed by atoms with van der Waals surface area (Å²) in [4.78, 5) is 0. The zero-order valence-corrected chi connectivity index (χ0v) is 16.1. The molecule has 24 heavy (non-hydrogen) atoms. The van der Waals surface area contributed by atoms with Gasteiger partial charge in [0.1, 0.15) is 0 Å². The third-order valence-electron chi connectivity index (χ3n) is 5.67. The molecule has 1 aliphatic carbocycles. The zero-order valence-electron chi connectivity index (χ0n) is 16.1. The Bertz CT molecular complexity index is 363. The Hall–Kier alpha value is -0.600. The predicted octanol–water partition coefficient (Wildman–Crippen LogP) is 5.79. The highest BCUT2D eigenvalue weighted by atomic mass is 16.3. The Morgan fingerprint density at radius 1 is 1.04 bits per heavy atom. The first kappa shape index (κ1) is 21.4. The Kier molecular flexibility index (Phi) is 10.6. The van der Waals surface area contributed by atoms with Crippen LogP contribution in [-0.2, 0) is 0 Å². The van der Waals surface area contributed by atoms with Gasteiger partial charge in [0.2, 0.25) is 0 Å². The summed E-state index contributed by atoms with van der Waals surface area (Å²) in [5.74, 6) is 0.891. The molecular formula is C22H40O2. The van der Waals surface area contributed by atoms with Gasteiger partial charge in [0, 0.05) is 5.92 Å². The summed E-state index contributed by atoms with van der Waals surface area (Å²) < 4.78 is 0. The van der Waals surface area contributed by atoms with Gasteiger partial charge in [-0.15, -0.1) is 6.58 Å². The van der Waals surface area contributed by atoms with Crippen molar-refractivity contribution in [3.05, 3.63) is 24.8 Å². The average Bonchev–Trinajstić information content (AvgIpc) is 2.93. The monoisotopic (exact) mass is 336 g/mol. The van der Waals surface area contributed by atoms with Crippen LogP contribution in [0.15, 0.2) is 24.8 Å². The summed E-state index contributed by atoms with van der Waals surface area (Å²) >= 11 is 0. The molecule has 0 saturated heterocycles. The van der Waals surface area contributed by atoms with Crippen molar-refractivity contribution < 1.29 is 10.2 Å². The predicted molar refractivity (Wildman–Crippen MR) is 104 cm³/mol. The summed E-state index contributed by atoms with van der Waals surface area (Å²) in [6.07, 6.45) is 19.1. The third-order valence-corrected chi connectivity index (χ3v) is 5.67. The maximum Gasteiger partial charge on any atom is 0.0859 e. The lowest BCUT2D eigenvalue weighted by atomic mass is 9.87. The van der Waals surface area contributed by atoms with E-state index in [1.54, 1.807) is 6.08 Å². The topological polar surface area (TPSA) is 40.5 Å². The molecule has 0 spiro atoms. The van der Waals surface area contributed by atoms with Crippen LogP contribution in [0.1, 0.15) is 90.9 Å². The van der Waals surface area contributed by atoms with Gasteiger partial charge < -0.3 is 10.2 Å². The molecule has 1 aliphatic rings. The summed E-state index contributed by atoms with van der Waals surface area (Å²) in [5.41, 5.74) is -0.786. The van der Waals surface area contributed by atoms with Gasteiger partial charge >= 0.3 is 0 Å². The van der Waals surface area contributed by atoms with E-state index in [2.05, 4.69) is 32.6 Å². The van der Waals surface area contributed by atoms with Crippen LogP contribution in [0.25, 0.3) is 0 Å². The fourth-order valence-corrected chi connectivity index (χ4v) is 3.92. The molecule has 0 amide bonds. The van der Waals surface area contributed by atoms with E-state index in [0.717, 1.165) is 32.1 Å². The second kappa shape index (κ2) is 11.9. The lowest BCUT2D eigenvalue weighted by Crippen LogP contribution is -2.24. The van der Waals surface area contributed by atoms with Gasteiger partial charge in [-0.3, -0.25) is 0 Å². The van der Waals surface area contributed by atoms with Crippen molar-refractivity contribution in [3.63, 3.8) is 0 Å². The van der Waals surface area contributed by atoms with E-state index >= 15 is 0 Å². The van der Waals surface area contributed by atoms with Crippen molar-refractivity contribution >= 4 is 0 Å². The van der Waals surface area contributed by atoms with Crippen molar-refractivity contribution in [2.75, 3.05) is 0 Å². The Labute approximate surface area is 150 Å². The van der Waals surface area contributed by atoms with Gasteiger partial charge in [-0.2, -0.15) is 0 Å². The number of rotatable bonds is 13. The smallest absolute Gasteiger partial charge is 0.0859 e. The molecule has 0 unspecified atom stereocenters. The minimum Gasteiger partial charge on any atom is -0.393 e. The maximum atomic E-state index is 10.5. The lowest BCUT2D eigenvalue weighted by Gasteiger charge is -2.23. The highest BCUT2D eigenvalue weighted by Gasteiger charge is 2.32. The number of aliphatic hydroxyl groups excluding tert-OH is 1. The minimum atomic E-state index is -0.786. The van der Waals surface area contributed by atoms with Crippen molar-refractivity contribution in [2.45, 2.75) is 103 Å². The molecule has 140 valence electrons. The van der Waals surface area contributed by atoms with E-state index in [1.165, 1.54) is 38.5 Å². The average molecular weight is 337 g/mol. The molecule has 0 radical (unpaired) electrons. The second-order valence-corrected chi connectivity index (χ2v) is 7.73. The molecule has 1 fully saturated rings. The summed E-state index contributed by atoms with van der Waals surface area (Å²) in [6, 6.07) is 0. The first-order chi connectivity index (χ1) is 11.6. The van der Waals surface area contributed by atoms with Crippen molar-refractivity contribution in [3.8, 4) is 0 Å². The van der Waals surface area contributed by atoms with E-state index < -0.39 is 5.60 Å². The van der Waals surface area contributed by atoms with Crippen LogP contribution in [0.3, 0.4) is 0 Å². The Balaban J connectivity index is 2.45. The standard InChI is InChI=1S/C22H40O2/c1-4-7-9-10-11-13-19-15-16-21(23)20(19)14-12-18-22(24,6-3)17-8-5-2/h6,12,14,19-21,23-24H,3-5,7-11,13,15-18H2,1-2H3/t19-,20+,21+,22-/m0/s1. The molecule has 4 atom stereocenters. The van der Waals surface area contributed by atoms with E-state index in [4.69, 9.17) is 0 Å². The molecule has 1 saturated carbocycles. The SMILES string of the molecule is C=C[C@@](O)(CC=C[C@@H]1[C@@H](CCCCCCC)CC[C@H]1O)CCCC. The van der Waals surface area contributed by atoms with E-state index in [9.17, 15) is 10.2 Å². The van der Waals surface area contributed by atoms with Crippen molar-refractivity contribution in [1.29, 1.82) is 0 Å². The molecule has 0 aromatic heterocycles. The number of aliphatic hydroxyl groups is 2. The van der Waals surface area contributed by atoms with Gasteiger partial charge in [-0.05, 0) is 38.0 Å². The highest BCUT2D eigenvalue weighted by molar-refractivity contribution is 5.05. The highest BCUT2D eigenvalue weighted by Crippen LogP contribution is 2.37. The second-order valence-electron chi connectivity index (χ2n) is 7.73. The minimum absolute atomic E-state index is 0.200. The molecule has 0 bridgehead atoms. The van der Waals surface area contributed by atoms with Gasteiger partial charge in [-0.1, -0.05) is 77.0 Å². The van der Waals surface area contributed by atoms with Crippen LogP contribution in [-0.4, -0.2) is 21.9 Å². The van der Waals surface area contributed by atoms with Crippen LogP contribution in [0.5, 0.6) is 0 Å². The van der Waals surface area contributed by atoms with Crippen molar-refractivity contribution in [2.24, 2.45) is 11.8 Å². The molecule has 2 heteroatoms. The Morgan fingerprint density at radius 2 is 1.75 bits per heavy atom. The van der Waals surface area contributed by atoms with E-state index in [-0.39, 0.29) is 12.0 Å². The fourth-order valence-electron chi connectivity index (χ4n) is 3.92. The quantitative estimate of drug-likeness (QED) is 0.330. The van der Waals surface area contributed by atoms with Crippen LogP contribution in [0.2, 0.25) is 0 Å². The van der Waals surface area contributed by atoms with Crippen LogP contribution >= 0.6 is 0 Å². The zero-order chi connectivity index (χ0) is 17.8. The molecule has 2 N–H and O–H groups in total. The molecule has 1 rings (SSSR count). The molecule has 0 aliphatic heterocycles. The van der Waals surface area contributed by atoms with Crippen LogP contribution < -0.4 is 0 Å². The molecular weight excluding hydrogens is 296 g/mol. The van der Waals surface area contributed by atoms with Crippen LogP contribution in [0.4, 0.5) is 0 Å². The fraction of sp³-hybridized carbons (Fsp3) is 0.818. The van der Waals surface area contributed by atoms with Gasteiger partial charge in [-0.25, -0.2) is 0 Å². The van der Waals surface area contributed by atoms with Gasteiger partial charge in [0.05, 0.1) is 11.7 Å². The molecule has 2 nitrogen and oxygen atoms in total. The van der Waals surface area contributed by atoms with E-state index in [1.807, 2.05) is 0 Å². The summed E-state index contributed by atoms with van der Waals surface area (Å²) in [5, 5.41) is 20.8.